The van der Waals surface area contributed by atoms with Crippen LogP contribution < -0.4 is 10.6 Å². The van der Waals surface area contributed by atoms with Gasteiger partial charge in [-0.2, -0.15) is 0 Å². The van der Waals surface area contributed by atoms with Crippen LogP contribution in [0, 0.1) is 13.8 Å². The number of nitrogens with one attached hydrogen (secondary N) is 2. The Labute approximate surface area is 119 Å². The third-order valence-corrected chi connectivity index (χ3v) is 3.28. The molecular weight excluding hydrogens is 254 g/mol. The molecule has 3 nitrogen and oxygen atoms in total. The van der Waals surface area contributed by atoms with Crippen molar-refractivity contribution in [2.75, 3.05) is 5.32 Å². The van der Waals surface area contributed by atoms with Gasteiger partial charge in [-0.05, 0) is 54.9 Å². The van der Waals surface area contributed by atoms with Crippen molar-refractivity contribution in [1.82, 2.24) is 10.3 Å². The number of thiocarbonyl (C=S) groups is 1. The Morgan fingerprint density at radius 1 is 1.21 bits per heavy atom. The lowest BCUT2D eigenvalue weighted by Gasteiger charge is -2.13. The lowest BCUT2D eigenvalue weighted by Crippen LogP contribution is -2.28. The summed E-state index contributed by atoms with van der Waals surface area (Å²) >= 11 is 5.30. The third kappa shape index (κ3) is 3.76. The number of pyridine rings is 1. The van der Waals surface area contributed by atoms with E-state index in [0.29, 0.717) is 11.7 Å². The van der Waals surface area contributed by atoms with Crippen LogP contribution in [0.2, 0.25) is 0 Å². The van der Waals surface area contributed by atoms with Gasteiger partial charge in [-0.15, -0.1) is 0 Å². The molecule has 0 saturated heterocycles. The second-order valence-electron chi connectivity index (χ2n) is 4.42. The molecule has 0 aliphatic heterocycles. The Morgan fingerprint density at radius 3 is 2.79 bits per heavy atom. The van der Waals surface area contributed by atoms with Crippen LogP contribution in [0.25, 0.3) is 0 Å². The van der Waals surface area contributed by atoms with E-state index in [1.165, 1.54) is 11.1 Å². The predicted octanol–water partition coefficient (Wildman–Crippen LogP) is 3.19. The van der Waals surface area contributed by atoms with Crippen LogP contribution in [0.15, 0.2) is 42.7 Å². The second-order valence-corrected chi connectivity index (χ2v) is 4.82. The number of benzene rings is 1. The van der Waals surface area contributed by atoms with Gasteiger partial charge in [0.15, 0.2) is 5.11 Å². The van der Waals surface area contributed by atoms with Crippen molar-refractivity contribution in [2.24, 2.45) is 0 Å². The van der Waals surface area contributed by atoms with Gasteiger partial charge >= 0.3 is 0 Å². The number of aryl methyl sites for hydroxylation is 1. The molecule has 2 N–H and O–H groups in total. The molecular formula is C15H17N3S. The summed E-state index contributed by atoms with van der Waals surface area (Å²) in [5.74, 6) is 0. The van der Waals surface area contributed by atoms with E-state index >= 15 is 0 Å². The van der Waals surface area contributed by atoms with Crippen LogP contribution in [0.4, 0.5) is 5.69 Å². The summed E-state index contributed by atoms with van der Waals surface area (Å²) in [6.45, 7) is 4.85. The first kappa shape index (κ1) is 13.5. The monoisotopic (exact) mass is 271 g/mol. The molecule has 0 amide bonds. The van der Waals surface area contributed by atoms with Crippen molar-refractivity contribution < 1.29 is 0 Å². The first-order valence-electron chi connectivity index (χ1n) is 6.17. The van der Waals surface area contributed by atoms with Crippen LogP contribution in [0.1, 0.15) is 16.7 Å². The summed E-state index contributed by atoms with van der Waals surface area (Å²) in [4.78, 5) is 4.07. The zero-order chi connectivity index (χ0) is 13.7. The topological polar surface area (TPSA) is 37.0 Å². The SMILES string of the molecule is Cc1cccc(NC(=S)NCc2cccnc2)c1C. The highest BCUT2D eigenvalue weighted by atomic mass is 32.1. The normalized spacial score (nSPS) is 10.0. The first-order chi connectivity index (χ1) is 9.16. The fourth-order valence-corrected chi connectivity index (χ4v) is 1.92. The highest BCUT2D eigenvalue weighted by molar-refractivity contribution is 7.80. The van der Waals surface area contributed by atoms with Crippen LogP contribution in [-0.4, -0.2) is 10.1 Å². The van der Waals surface area contributed by atoms with Crippen LogP contribution in [0.5, 0.6) is 0 Å². The van der Waals surface area contributed by atoms with E-state index in [0.717, 1.165) is 11.3 Å². The fraction of sp³-hybridized carbons (Fsp3) is 0.200. The van der Waals surface area contributed by atoms with Gasteiger partial charge in [0.05, 0.1) is 0 Å². The Morgan fingerprint density at radius 2 is 2.05 bits per heavy atom. The zero-order valence-electron chi connectivity index (χ0n) is 11.1. The highest BCUT2D eigenvalue weighted by Gasteiger charge is 2.02. The van der Waals surface area contributed by atoms with Crippen LogP contribution in [0.3, 0.4) is 0 Å². The van der Waals surface area contributed by atoms with Crippen molar-refractivity contribution in [3.8, 4) is 0 Å². The average Bonchev–Trinajstić information content (AvgIpc) is 2.43. The Bertz CT molecular complexity index is 567. The largest absolute Gasteiger partial charge is 0.358 e. The second kappa shape index (κ2) is 6.29. The van der Waals surface area contributed by atoms with Crippen molar-refractivity contribution in [3.63, 3.8) is 0 Å². The van der Waals surface area contributed by atoms with E-state index in [-0.39, 0.29) is 0 Å². The van der Waals surface area contributed by atoms with Gasteiger partial charge in [-0.25, -0.2) is 0 Å². The van der Waals surface area contributed by atoms with E-state index in [1.54, 1.807) is 6.20 Å². The molecule has 0 atom stereocenters. The number of hydrogen-bond acceptors (Lipinski definition) is 2. The van der Waals surface area contributed by atoms with Gasteiger partial charge in [0.1, 0.15) is 0 Å². The smallest absolute Gasteiger partial charge is 0.171 e. The van der Waals surface area contributed by atoms with Gasteiger partial charge in [-0.3, -0.25) is 4.98 Å². The summed E-state index contributed by atoms with van der Waals surface area (Å²) in [5, 5.41) is 7.02. The van der Waals surface area contributed by atoms with E-state index in [2.05, 4.69) is 35.5 Å². The van der Waals surface area contributed by atoms with Crippen molar-refractivity contribution in [1.29, 1.82) is 0 Å². The minimum atomic E-state index is 0.623. The van der Waals surface area contributed by atoms with Gasteiger partial charge in [0.25, 0.3) is 0 Å². The molecule has 1 aromatic carbocycles. The molecule has 0 bridgehead atoms. The number of anilines is 1. The summed E-state index contributed by atoms with van der Waals surface area (Å²) < 4.78 is 0. The van der Waals surface area contributed by atoms with E-state index in [9.17, 15) is 0 Å². The Balaban J connectivity index is 1.93. The van der Waals surface area contributed by atoms with Crippen molar-refractivity contribution in [3.05, 3.63) is 59.4 Å². The summed E-state index contributed by atoms with van der Waals surface area (Å²) in [6.07, 6.45) is 3.59. The van der Waals surface area contributed by atoms with Gasteiger partial charge in [-0.1, -0.05) is 18.2 Å². The molecule has 2 rings (SSSR count). The molecule has 0 aliphatic carbocycles. The maximum atomic E-state index is 5.30. The van der Waals surface area contributed by atoms with Gasteiger partial charge < -0.3 is 10.6 Å². The lowest BCUT2D eigenvalue weighted by molar-refractivity contribution is 0.916. The van der Waals surface area contributed by atoms with E-state index < -0.39 is 0 Å². The molecule has 0 radical (unpaired) electrons. The number of nitrogens with zero attached hydrogens (tertiary/aromatic N) is 1. The first-order valence-corrected chi connectivity index (χ1v) is 6.57. The number of rotatable bonds is 3. The lowest BCUT2D eigenvalue weighted by atomic mass is 10.1. The van der Waals surface area contributed by atoms with E-state index in [1.807, 2.05) is 30.5 Å². The van der Waals surface area contributed by atoms with E-state index in [4.69, 9.17) is 12.2 Å². The minimum absolute atomic E-state index is 0.623. The quantitative estimate of drug-likeness (QED) is 0.841. The summed E-state index contributed by atoms with van der Waals surface area (Å²) in [7, 11) is 0. The van der Waals surface area contributed by atoms with Crippen LogP contribution >= 0.6 is 12.2 Å². The summed E-state index contributed by atoms with van der Waals surface area (Å²) in [6, 6.07) is 10.1. The maximum absolute atomic E-state index is 5.30. The van der Waals surface area contributed by atoms with Crippen LogP contribution in [-0.2, 0) is 6.54 Å². The molecule has 1 aromatic heterocycles. The molecule has 0 aliphatic rings. The zero-order valence-corrected chi connectivity index (χ0v) is 11.9. The molecule has 2 aromatic rings. The standard InChI is InChI=1S/C15H17N3S/c1-11-5-3-7-14(12(11)2)18-15(19)17-10-13-6-4-8-16-9-13/h3-9H,10H2,1-2H3,(H2,17,18,19). The molecule has 0 saturated carbocycles. The number of aromatic nitrogens is 1. The summed E-state index contributed by atoms with van der Waals surface area (Å²) in [5.41, 5.74) is 4.62. The van der Waals surface area contributed by atoms with Crippen molar-refractivity contribution in [2.45, 2.75) is 20.4 Å². The highest BCUT2D eigenvalue weighted by Crippen LogP contribution is 2.17. The molecule has 19 heavy (non-hydrogen) atoms. The molecule has 0 fully saturated rings. The molecule has 0 unspecified atom stereocenters. The predicted molar refractivity (Wildman–Crippen MR) is 83.2 cm³/mol. The molecule has 0 spiro atoms. The molecule has 1 heterocycles. The average molecular weight is 271 g/mol. The fourth-order valence-electron chi connectivity index (χ4n) is 1.74. The Hall–Kier alpha value is -1.94. The molecule has 4 heteroatoms. The minimum Gasteiger partial charge on any atom is -0.358 e. The van der Waals surface area contributed by atoms with Crippen molar-refractivity contribution >= 4 is 23.0 Å². The Kier molecular flexibility index (Phi) is 4.47. The number of hydrogen-bond donors (Lipinski definition) is 2. The van der Waals surface area contributed by atoms with Gasteiger partial charge in [0, 0.05) is 24.6 Å². The third-order valence-electron chi connectivity index (χ3n) is 3.03. The van der Waals surface area contributed by atoms with Gasteiger partial charge in [0.2, 0.25) is 0 Å². The molecule has 98 valence electrons. The maximum Gasteiger partial charge on any atom is 0.171 e.